The number of para-hydroxylation sites is 1. The first kappa shape index (κ1) is 12.8. The monoisotopic (exact) mass is 232 g/mol. The second kappa shape index (κ2) is 6.37. The zero-order valence-electron chi connectivity index (χ0n) is 9.41. The lowest BCUT2D eigenvalue weighted by atomic mass is 10.3. The Bertz CT molecular complexity index is 486. The Kier molecular flexibility index (Phi) is 4.81. The molecular formula is C13H13FN2O. The molecule has 3 nitrogen and oxygen atoms in total. The predicted molar refractivity (Wildman–Crippen MR) is 66.1 cm³/mol. The van der Waals surface area contributed by atoms with Crippen LogP contribution < -0.4 is 4.74 Å². The lowest BCUT2D eigenvalue weighted by molar-refractivity contribution is 0.416. The summed E-state index contributed by atoms with van der Waals surface area (Å²) in [6.07, 6.45) is 0. The quantitative estimate of drug-likeness (QED) is 0.728. The number of benzene rings is 2. The molecule has 0 spiro atoms. The molecule has 0 N–H and O–H groups in total. The van der Waals surface area contributed by atoms with E-state index in [-0.39, 0.29) is 4.70 Å². The zero-order valence-corrected chi connectivity index (χ0v) is 9.41. The number of halogens is 1. The average molecular weight is 232 g/mol. The van der Waals surface area contributed by atoms with Crippen LogP contribution in [0, 0.1) is 0 Å². The van der Waals surface area contributed by atoms with Crippen LogP contribution in [0.5, 0.6) is 5.75 Å². The third-order valence-electron chi connectivity index (χ3n) is 2.11. The maximum Gasteiger partial charge on any atom is 0.146 e. The van der Waals surface area contributed by atoms with Gasteiger partial charge in [0.25, 0.3) is 0 Å². The fourth-order valence-corrected chi connectivity index (χ4v) is 1.32. The van der Waals surface area contributed by atoms with E-state index in [0.717, 1.165) is 17.1 Å². The lowest BCUT2D eigenvalue weighted by Gasteiger charge is -2.01. The molecule has 0 aromatic heterocycles. The van der Waals surface area contributed by atoms with Crippen LogP contribution in [-0.4, -0.2) is 7.11 Å². The van der Waals surface area contributed by atoms with Gasteiger partial charge in [0.15, 0.2) is 0 Å². The van der Waals surface area contributed by atoms with Crippen molar-refractivity contribution in [2.75, 3.05) is 7.11 Å². The first-order valence-electron chi connectivity index (χ1n) is 5.00. The minimum absolute atomic E-state index is 0. The average Bonchev–Trinajstić information content (AvgIpc) is 2.38. The standard InChI is InChI=1S/C13H12N2O.FH/c1-16-13-10-6-5-9-12(13)15-14-11-7-3-2-4-8-11;/h2-10H,1H3;1H. The van der Waals surface area contributed by atoms with Gasteiger partial charge in [-0.05, 0) is 24.3 Å². The summed E-state index contributed by atoms with van der Waals surface area (Å²) < 4.78 is 5.18. The Labute approximate surface area is 99.1 Å². The minimum Gasteiger partial charge on any atom is -0.494 e. The summed E-state index contributed by atoms with van der Waals surface area (Å²) in [6, 6.07) is 17.1. The number of azo groups is 1. The second-order valence-corrected chi connectivity index (χ2v) is 3.21. The van der Waals surface area contributed by atoms with Crippen molar-refractivity contribution in [3.63, 3.8) is 0 Å². The van der Waals surface area contributed by atoms with Crippen molar-refractivity contribution in [1.29, 1.82) is 0 Å². The van der Waals surface area contributed by atoms with E-state index in [1.165, 1.54) is 0 Å². The van der Waals surface area contributed by atoms with Crippen LogP contribution in [0.3, 0.4) is 0 Å². The first-order valence-corrected chi connectivity index (χ1v) is 5.00. The minimum atomic E-state index is 0. The van der Waals surface area contributed by atoms with E-state index in [4.69, 9.17) is 4.74 Å². The predicted octanol–water partition coefficient (Wildman–Crippen LogP) is 4.26. The van der Waals surface area contributed by atoms with E-state index in [1.54, 1.807) is 7.11 Å². The first-order chi connectivity index (χ1) is 7.90. The van der Waals surface area contributed by atoms with Crippen LogP contribution >= 0.6 is 0 Å². The van der Waals surface area contributed by atoms with Gasteiger partial charge in [0.2, 0.25) is 0 Å². The molecule has 0 aliphatic carbocycles. The van der Waals surface area contributed by atoms with E-state index in [0.29, 0.717) is 0 Å². The highest BCUT2D eigenvalue weighted by atomic mass is 19.0. The third kappa shape index (κ3) is 3.38. The van der Waals surface area contributed by atoms with Crippen LogP contribution in [0.1, 0.15) is 0 Å². The van der Waals surface area contributed by atoms with Crippen LogP contribution in [0.4, 0.5) is 16.1 Å². The van der Waals surface area contributed by atoms with Gasteiger partial charge in [0.05, 0.1) is 12.8 Å². The molecule has 0 heterocycles. The van der Waals surface area contributed by atoms with Crippen molar-refractivity contribution < 1.29 is 9.44 Å². The number of ether oxygens (including phenoxy) is 1. The van der Waals surface area contributed by atoms with Gasteiger partial charge in [-0.25, -0.2) is 0 Å². The van der Waals surface area contributed by atoms with E-state index in [2.05, 4.69) is 10.2 Å². The molecule has 0 unspecified atom stereocenters. The SMILES string of the molecule is COc1ccccc1N=Nc1ccccc1.F. The van der Waals surface area contributed by atoms with Crippen LogP contribution in [0.2, 0.25) is 0 Å². The van der Waals surface area contributed by atoms with Gasteiger partial charge in [-0.15, -0.1) is 5.11 Å². The molecule has 0 amide bonds. The highest BCUT2D eigenvalue weighted by molar-refractivity contribution is 5.51. The molecule has 4 heteroatoms. The number of methoxy groups -OCH3 is 1. The molecule has 88 valence electrons. The van der Waals surface area contributed by atoms with Crippen molar-refractivity contribution in [2.24, 2.45) is 10.2 Å². The highest BCUT2D eigenvalue weighted by Crippen LogP contribution is 2.27. The van der Waals surface area contributed by atoms with Crippen molar-refractivity contribution in [3.8, 4) is 5.75 Å². The molecule has 0 aliphatic rings. The van der Waals surface area contributed by atoms with Gasteiger partial charge in [0.1, 0.15) is 11.4 Å². The Balaban J connectivity index is 0.00000144. The van der Waals surface area contributed by atoms with Crippen molar-refractivity contribution in [3.05, 3.63) is 54.6 Å². The summed E-state index contributed by atoms with van der Waals surface area (Å²) in [4.78, 5) is 0. The largest absolute Gasteiger partial charge is 0.494 e. The summed E-state index contributed by atoms with van der Waals surface area (Å²) in [6.45, 7) is 0. The topological polar surface area (TPSA) is 34.0 Å². The van der Waals surface area contributed by atoms with Crippen molar-refractivity contribution in [1.82, 2.24) is 0 Å². The second-order valence-electron chi connectivity index (χ2n) is 3.21. The summed E-state index contributed by atoms with van der Waals surface area (Å²) in [5, 5.41) is 8.28. The maximum atomic E-state index is 5.18. The summed E-state index contributed by atoms with van der Waals surface area (Å²) in [5.74, 6) is 0.724. The molecule has 2 aromatic rings. The summed E-state index contributed by atoms with van der Waals surface area (Å²) in [7, 11) is 1.62. The normalized spacial score (nSPS) is 9.94. The third-order valence-corrected chi connectivity index (χ3v) is 2.11. The van der Waals surface area contributed by atoms with E-state index < -0.39 is 0 Å². The number of hydrogen-bond acceptors (Lipinski definition) is 3. The van der Waals surface area contributed by atoms with Crippen molar-refractivity contribution in [2.45, 2.75) is 0 Å². The summed E-state index contributed by atoms with van der Waals surface area (Å²) in [5.41, 5.74) is 1.56. The van der Waals surface area contributed by atoms with Crippen molar-refractivity contribution >= 4 is 11.4 Å². The maximum absolute atomic E-state index is 5.18. The van der Waals surface area contributed by atoms with Crippen LogP contribution in [0.25, 0.3) is 0 Å². The lowest BCUT2D eigenvalue weighted by Crippen LogP contribution is -1.81. The number of hydrogen-bond donors (Lipinski definition) is 0. The molecular weight excluding hydrogens is 219 g/mol. The number of rotatable bonds is 3. The van der Waals surface area contributed by atoms with E-state index in [1.807, 2.05) is 54.6 Å². The molecule has 0 fully saturated rings. The Hall–Kier alpha value is -2.23. The molecule has 0 saturated heterocycles. The van der Waals surface area contributed by atoms with Gasteiger partial charge in [-0.3, -0.25) is 4.70 Å². The smallest absolute Gasteiger partial charge is 0.146 e. The van der Waals surface area contributed by atoms with Gasteiger partial charge in [-0.2, -0.15) is 5.11 Å². The molecule has 0 aliphatic heterocycles. The summed E-state index contributed by atoms with van der Waals surface area (Å²) >= 11 is 0. The van der Waals surface area contributed by atoms with Crippen LogP contribution in [0.15, 0.2) is 64.8 Å². The van der Waals surface area contributed by atoms with Gasteiger partial charge in [0, 0.05) is 0 Å². The van der Waals surface area contributed by atoms with E-state index in [9.17, 15) is 0 Å². The fraction of sp³-hybridized carbons (Fsp3) is 0.0769. The Morgan fingerprint density at radius 2 is 1.47 bits per heavy atom. The molecule has 17 heavy (non-hydrogen) atoms. The van der Waals surface area contributed by atoms with Crippen LogP contribution in [-0.2, 0) is 0 Å². The highest BCUT2D eigenvalue weighted by Gasteiger charge is 1.98. The molecule has 0 bridgehead atoms. The van der Waals surface area contributed by atoms with Gasteiger partial charge in [-0.1, -0.05) is 30.3 Å². The van der Waals surface area contributed by atoms with Gasteiger partial charge < -0.3 is 4.74 Å². The number of nitrogens with zero attached hydrogens (tertiary/aromatic N) is 2. The zero-order chi connectivity index (χ0) is 11.2. The van der Waals surface area contributed by atoms with E-state index >= 15 is 0 Å². The molecule has 0 atom stereocenters. The molecule has 2 aromatic carbocycles. The Morgan fingerprint density at radius 1 is 0.824 bits per heavy atom. The van der Waals surface area contributed by atoms with Gasteiger partial charge >= 0.3 is 0 Å². The fourth-order valence-electron chi connectivity index (χ4n) is 1.32. The Morgan fingerprint density at radius 3 is 2.18 bits per heavy atom. The molecule has 0 saturated carbocycles. The molecule has 2 rings (SSSR count). The molecule has 0 radical (unpaired) electrons.